The summed E-state index contributed by atoms with van der Waals surface area (Å²) in [5.74, 6) is -3.28. The minimum absolute atomic E-state index is 0.0614. The van der Waals surface area contributed by atoms with E-state index >= 15 is 9.59 Å². The van der Waals surface area contributed by atoms with Crippen LogP contribution in [0.3, 0.4) is 0 Å². The Morgan fingerprint density at radius 2 is 1.07 bits per heavy atom. The van der Waals surface area contributed by atoms with Crippen molar-refractivity contribution in [1.29, 1.82) is 0 Å². The van der Waals surface area contributed by atoms with E-state index in [0.717, 1.165) is 0 Å². The summed E-state index contributed by atoms with van der Waals surface area (Å²) in [5, 5.41) is 0. The molecular formula is C38H20O6. The summed E-state index contributed by atoms with van der Waals surface area (Å²) in [5.41, 5.74) is 2.84. The van der Waals surface area contributed by atoms with Gasteiger partial charge >= 0.3 is 5.97 Å². The Balaban J connectivity index is 1.57. The first-order valence-electron chi connectivity index (χ1n) is 14.4. The second kappa shape index (κ2) is 8.20. The van der Waals surface area contributed by atoms with Crippen LogP contribution in [-0.4, -0.2) is 29.1 Å². The summed E-state index contributed by atoms with van der Waals surface area (Å²) in [6.45, 7) is 1.26. The van der Waals surface area contributed by atoms with Crippen LogP contribution >= 0.6 is 0 Å². The Kier molecular flexibility index (Phi) is 4.63. The summed E-state index contributed by atoms with van der Waals surface area (Å²) in [6, 6.07) is 27.9. The third kappa shape index (κ3) is 2.66. The van der Waals surface area contributed by atoms with E-state index in [9.17, 15) is 14.4 Å². The van der Waals surface area contributed by atoms with Crippen molar-refractivity contribution in [3.8, 4) is 0 Å². The van der Waals surface area contributed by atoms with Crippen LogP contribution in [0, 0.1) is 5.41 Å². The van der Waals surface area contributed by atoms with Crippen molar-refractivity contribution in [2.75, 3.05) is 0 Å². The molecule has 0 heterocycles. The number of fused-ring (bicyclic) bond motifs is 12. The molecule has 0 N–H and O–H groups in total. The lowest BCUT2D eigenvalue weighted by Crippen LogP contribution is -2.42. The first-order chi connectivity index (χ1) is 21.4. The molecule has 4 aromatic carbocycles. The molecule has 6 nitrogen and oxygen atoms in total. The number of ketones is 4. The van der Waals surface area contributed by atoms with E-state index in [1.165, 1.54) is 6.92 Å². The minimum Gasteiger partial charge on any atom is -0.426 e. The summed E-state index contributed by atoms with van der Waals surface area (Å²) in [6.07, 6.45) is 0. The molecule has 0 saturated carbocycles. The van der Waals surface area contributed by atoms with Crippen LogP contribution in [0.25, 0.3) is 16.9 Å². The van der Waals surface area contributed by atoms with Crippen molar-refractivity contribution in [3.63, 3.8) is 0 Å². The highest BCUT2D eigenvalue weighted by atomic mass is 16.5. The molecule has 0 aliphatic heterocycles. The monoisotopic (exact) mass is 572 g/mol. The number of carbonyl (C=O) groups is 5. The average molecular weight is 573 g/mol. The molecule has 5 aliphatic rings. The van der Waals surface area contributed by atoms with Crippen molar-refractivity contribution >= 4 is 46.0 Å². The van der Waals surface area contributed by atoms with Gasteiger partial charge in [-0.2, -0.15) is 0 Å². The van der Waals surface area contributed by atoms with Gasteiger partial charge in [-0.05, 0) is 16.7 Å². The molecule has 1 spiro atoms. The van der Waals surface area contributed by atoms with Crippen LogP contribution in [0.4, 0.5) is 0 Å². The van der Waals surface area contributed by atoms with Gasteiger partial charge in [-0.1, -0.05) is 97.1 Å². The number of hydrogen-bond acceptors (Lipinski definition) is 6. The smallest absolute Gasteiger partial charge is 0.308 e. The molecule has 0 amide bonds. The zero-order chi connectivity index (χ0) is 30.1. The highest BCUT2D eigenvalue weighted by molar-refractivity contribution is 6.42. The molecule has 44 heavy (non-hydrogen) atoms. The van der Waals surface area contributed by atoms with Crippen molar-refractivity contribution < 1.29 is 28.7 Å². The maximum absolute atomic E-state index is 15.1. The molecule has 4 aromatic rings. The van der Waals surface area contributed by atoms with Crippen molar-refractivity contribution in [3.05, 3.63) is 158 Å². The van der Waals surface area contributed by atoms with E-state index in [4.69, 9.17) is 4.74 Å². The van der Waals surface area contributed by atoms with Gasteiger partial charge in [0.05, 0.1) is 0 Å². The maximum Gasteiger partial charge on any atom is 0.308 e. The lowest BCUT2D eigenvalue weighted by atomic mass is 9.62. The fraction of sp³-hybridized carbons (Fsp3) is 0.0789. The summed E-state index contributed by atoms with van der Waals surface area (Å²) in [4.78, 5) is 72.1. The fourth-order valence-electron chi connectivity index (χ4n) is 8.10. The quantitative estimate of drug-likeness (QED) is 0.193. The SMILES string of the molecule is CC(=O)OC1=C2C(=C3C(=O)c4ccccc4C3=C3C(=O)c4ccccc4C3C23C(=O)c2ccccc2C3=O)c2ccccc21. The van der Waals surface area contributed by atoms with Crippen LogP contribution in [0.1, 0.15) is 76.5 Å². The Hall–Kier alpha value is -5.75. The van der Waals surface area contributed by atoms with Crippen LogP contribution < -0.4 is 0 Å². The molecule has 5 aliphatic carbocycles. The van der Waals surface area contributed by atoms with Gasteiger partial charge in [-0.15, -0.1) is 0 Å². The van der Waals surface area contributed by atoms with Gasteiger partial charge in [0.25, 0.3) is 0 Å². The Morgan fingerprint density at radius 1 is 0.568 bits per heavy atom. The molecule has 6 heteroatoms. The lowest BCUT2D eigenvalue weighted by molar-refractivity contribution is -0.134. The molecule has 9 rings (SSSR count). The van der Waals surface area contributed by atoms with E-state index in [-0.39, 0.29) is 45.2 Å². The zero-order valence-electron chi connectivity index (χ0n) is 23.3. The second-order valence-electron chi connectivity index (χ2n) is 11.6. The average Bonchev–Trinajstić information content (AvgIpc) is 3.65. The molecule has 0 bridgehead atoms. The van der Waals surface area contributed by atoms with Crippen molar-refractivity contribution in [2.45, 2.75) is 12.8 Å². The Bertz CT molecular complexity index is 2220. The first-order valence-corrected chi connectivity index (χ1v) is 14.4. The number of rotatable bonds is 1. The van der Waals surface area contributed by atoms with E-state index < -0.39 is 28.9 Å². The van der Waals surface area contributed by atoms with E-state index in [1.54, 1.807) is 97.1 Å². The number of esters is 1. The second-order valence-corrected chi connectivity index (χ2v) is 11.6. The predicted octanol–water partition coefficient (Wildman–Crippen LogP) is 6.44. The first kappa shape index (κ1) is 24.8. The van der Waals surface area contributed by atoms with Crippen LogP contribution in [-0.2, 0) is 9.53 Å². The number of hydrogen-bond donors (Lipinski definition) is 0. The van der Waals surface area contributed by atoms with Crippen molar-refractivity contribution in [1.82, 2.24) is 0 Å². The molecule has 1 atom stereocenters. The number of carbonyl (C=O) groups excluding carboxylic acids is 5. The highest BCUT2D eigenvalue weighted by Crippen LogP contribution is 2.68. The summed E-state index contributed by atoms with van der Waals surface area (Å²) in [7, 11) is 0. The zero-order valence-corrected chi connectivity index (χ0v) is 23.3. The molecule has 208 valence electrons. The van der Waals surface area contributed by atoms with Crippen LogP contribution in [0.15, 0.2) is 114 Å². The van der Waals surface area contributed by atoms with Gasteiger partial charge in [0, 0.05) is 68.5 Å². The Morgan fingerprint density at radius 3 is 1.68 bits per heavy atom. The van der Waals surface area contributed by atoms with E-state index in [1.807, 2.05) is 0 Å². The maximum atomic E-state index is 15.1. The third-order valence-corrected chi connectivity index (χ3v) is 9.61. The minimum atomic E-state index is -2.01. The highest BCUT2D eigenvalue weighted by Gasteiger charge is 2.68. The molecule has 0 aromatic heterocycles. The number of ether oxygens (including phenoxy) is 1. The number of allylic oxidation sites excluding steroid dienone is 5. The van der Waals surface area contributed by atoms with Gasteiger partial charge in [0.1, 0.15) is 11.2 Å². The molecular weight excluding hydrogens is 552 g/mol. The van der Waals surface area contributed by atoms with Crippen molar-refractivity contribution in [2.24, 2.45) is 5.41 Å². The van der Waals surface area contributed by atoms with E-state index in [2.05, 4.69) is 0 Å². The van der Waals surface area contributed by atoms with Gasteiger partial charge in [-0.3, -0.25) is 24.0 Å². The summed E-state index contributed by atoms with van der Waals surface area (Å²) < 4.78 is 5.96. The van der Waals surface area contributed by atoms with E-state index in [0.29, 0.717) is 44.5 Å². The van der Waals surface area contributed by atoms with Gasteiger partial charge in [0.2, 0.25) is 0 Å². The molecule has 0 saturated heterocycles. The number of Topliss-reactive ketones (excluding diaryl/α,β-unsaturated/α-hetero) is 4. The number of benzene rings is 4. The molecule has 0 radical (unpaired) electrons. The standard InChI is InChI=1S/C38H20O6/c1-18(39)44-35-24-15-7-3-11-20(24)28-29-27(19-10-2-5-13-22(19)33(29)40)30-31(21-12-4-6-14-23(21)34(30)41)38(32(28)35)36(42)25-16-8-9-17-26(25)37(38)43/h2-17,31H,1H3. The third-order valence-electron chi connectivity index (χ3n) is 9.61. The van der Waals surface area contributed by atoms with Crippen LogP contribution in [0.2, 0.25) is 0 Å². The summed E-state index contributed by atoms with van der Waals surface area (Å²) >= 11 is 0. The largest absolute Gasteiger partial charge is 0.426 e. The Labute approximate surface area is 251 Å². The fourth-order valence-corrected chi connectivity index (χ4v) is 8.10. The lowest BCUT2D eigenvalue weighted by Gasteiger charge is -2.35. The van der Waals surface area contributed by atoms with Gasteiger partial charge in [0.15, 0.2) is 23.1 Å². The van der Waals surface area contributed by atoms with Gasteiger partial charge < -0.3 is 4.74 Å². The van der Waals surface area contributed by atoms with Gasteiger partial charge in [-0.25, -0.2) is 0 Å². The molecule has 0 fully saturated rings. The normalized spacial score (nSPS) is 19.9. The molecule has 1 unspecified atom stereocenters. The predicted molar refractivity (Wildman–Crippen MR) is 161 cm³/mol. The topological polar surface area (TPSA) is 94.6 Å². The van der Waals surface area contributed by atoms with Crippen LogP contribution in [0.5, 0.6) is 0 Å².